The smallest absolute Gasteiger partial charge is 0.253 e. The maximum atomic E-state index is 12.8. The van der Waals surface area contributed by atoms with Crippen LogP contribution in [0.1, 0.15) is 46.5 Å². The average molecular weight is 452 g/mol. The van der Waals surface area contributed by atoms with Crippen LogP contribution in [0.4, 0.5) is 0 Å². The highest BCUT2D eigenvalue weighted by Gasteiger charge is 2.14. The molecule has 3 aromatic rings. The molecule has 1 amide bonds. The van der Waals surface area contributed by atoms with Gasteiger partial charge in [-0.15, -0.1) is 0 Å². The van der Waals surface area contributed by atoms with E-state index in [0.29, 0.717) is 23.8 Å². The first-order valence-electron chi connectivity index (χ1n) is 10.9. The largest absolute Gasteiger partial charge is 0.387 e. The van der Waals surface area contributed by atoms with Gasteiger partial charge in [0, 0.05) is 37.9 Å². The van der Waals surface area contributed by atoms with Crippen LogP contribution in [0.25, 0.3) is 0 Å². The number of pyridine rings is 1. The molecule has 168 valence electrons. The Hall–Kier alpha value is -2.73. The van der Waals surface area contributed by atoms with Gasteiger partial charge in [0.1, 0.15) is 5.15 Å². The van der Waals surface area contributed by atoms with Crippen LogP contribution in [-0.4, -0.2) is 40.5 Å². The fraction of sp³-hybridized carbons (Fsp3) is 0.308. The fourth-order valence-electron chi connectivity index (χ4n) is 3.57. The summed E-state index contributed by atoms with van der Waals surface area (Å²) in [5.74, 6) is -0.0392. The van der Waals surface area contributed by atoms with Crippen LogP contribution in [0.15, 0.2) is 72.9 Å². The van der Waals surface area contributed by atoms with E-state index in [9.17, 15) is 9.90 Å². The number of benzene rings is 2. The van der Waals surface area contributed by atoms with E-state index in [4.69, 9.17) is 11.6 Å². The van der Waals surface area contributed by atoms with Crippen molar-refractivity contribution < 1.29 is 9.90 Å². The summed E-state index contributed by atoms with van der Waals surface area (Å²) < 4.78 is 0. The van der Waals surface area contributed by atoms with Crippen LogP contribution in [-0.2, 0) is 13.0 Å². The summed E-state index contributed by atoms with van der Waals surface area (Å²) >= 11 is 5.82. The number of nitrogens with zero attached hydrogens (tertiary/aromatic N) is 2. The number of hydrogen-bond donors (Lipinski definition) is 2. The van der Waals surface area contributed by atoms with Crippen LogP contribution < -0.4 is 5.32 Å². The van der Waals surface area contributed by atoms with Crippen LogP contribution in [0, 0.1) is 0 Å². The van der Waals surface area contributed by atoms with E-state index in [1.165, 1.54) is 0 Å². The van der Waals surface area contributed by atoms with Crippen molar-refractivity contribution in [1.82, 2.24) is 15.2 Å². The average Bonchev–Trinajstić information content (AvgIpc) is 2.83. The molecule has 0 aliphatic rings. The quantitative estimate of drug-likeness (QED) is 0.440. The molecule has 5 nitrogen and oxygen atoms in total. The van der Waals surface area contributed by atoms with Gasteiger partial charge in [-0.3, -0.25) is 4.79 Å². The Bertz CT molecular complexity index is 978. The zero-order chi connectivity index (χ0) is 22.9. The van der Waals surface area contributed by atoms with Crippen LogP contribution in [0.3, 0.4) is 0 Å². The Morgan fingerprint density at radius 2 is 1.75 bits per heavy atom. The number of amides is 1. The lowest BCUT2D eigenvalue weighted by Gasteiger charge is -2.20. The van der Waals surface area contributed by atoms with Crippen LogP contribution >= 0.6 is 11.6 Å². The van der Waals surface area contributed by atoms with Gasteiger partial charge in [-0.2, -0.15) is 0 Å². The summed E-state index contributed by atoms with van der Waals surface area (Å²) in [6.07, 6.45) is 2.93. The maximum Gasteiger partial charge on any atom is 0.253 e. The fourth-order valence-corrected chi connectivity index (χ4v) is 3.68. The van der Waals surface area contributed by atoms with E-state index >= 15 is 0 Å². The molecule has 0 unspecified atom stereocenters. The van der Waals surface area contributed by atoms with Gasteiger partial charge < -0.3 is 15.3 Å². The van der Waals surface area contributed by atoms with Crippen molar-refractivity contribution >= 4 is 17.5 Å². The van der Waals surface area contributed by atoms with Crippen molar-refractivity contribution in [2.24, 2.45) is 0 Å². The first kappa shape index (κ1) is 23.9. The Morgan fingerprint density at radius 1 is 1.06 bits per heavy atom. The minimum Gasteiger partial charge on any atom is -0.387 e. The molecular weight excluding hydrogens is 422 g/mol. The molecule has 2 N–H and O–H groups in total. The molecule has 2 aromatic carbocycles. The molecular formula is C26H30ClN3O2. The van der Waals surface area contributed by atoms with Crippen molar-refractivity contribution in [2.45, 2.75) is 38.5 Å². The van der Waals surface area contributed by atoms with Crippen molar-refractivity contribution in [1.29, 1.82) is 0 Å². The molecule has 1 heterocycles. The Kier molecular flexibility index (Phi) is 8.80. The van der Waals surface area contributed by atoms with Gasteiger partial charge in [0.15, 0.2) is 0 Å². The number of nitrogens with one attached hydrogen (secondary N) is 1. The van der Waals surface area contributed by atoms with Gasteiger partial charge in [0.05, 0.1) is 6.10 Å². The third-order valence-electron chi connectivity index (χ3n) is 5.52. The van der Waals surface area contributed by atoms with E-state index in [0.717, 1.165) is 29.5 Å². The predicted molar refractivity (Wildman–Crippen MR) is 129 cm³/mol. The van der Waals surface area contributed by atoms with E-state index in [1.54, 1.807) is 24.2 Å². The van der Waals surface area contributed by atoms with Crippen molar-refractivity contribution in [2.75, 3.05) is 13.6 Å². The van der Waals surface area contributed by atoms with Gasteiger partial charge in [-0.25, -0.2) is 4.98 Å². The lowest BCUT2D eigenvalue weighted by atomic mass is 10.0. The summed E-state index contributed by atoms with van der Waals surface area (Å²) in [7, 11) is 1.78. The zero-order valence-electron chi connectivity index (χ0n) is 18.5. The summed E-state index contributed by atoms with van der Waals surface area (Å²) in [6, 6.07) is 21.3. The predicted octanol–water partition coefficient (Wildman–Crippen LogP) is 4.65. The van der Waals surface area contributed by atoms with Gasteiger partial charge in [-0.1, -0.05) is 67.1 Å². The molecule has 0 aliphatic heterocycles. The number of carbonyl (C=O) groups is 1. The molecule has 3 rings (SSSR count). The Labute approximate surface area is 195 Å². The van der Waals surface area contributed by atoms with E-state index in [1.807, 2.05) is 60.7 Å². The number of aliphatic hydroxyl groups excluding tert-OH is 1. The Morgan fingerprint density at radius 3 is 2.38 bits per heavy atom. The second-order valence-corrected chi connectivity index (χ2v) is 8.38. The highest BCUT2D eigenvalue weighted by Crippen LogP contribution is 2.15. The SMILES string of the molecule is CC[C@@H](Cc1ccc(C(=O)N(C)Cc2ccc(Cl)nc2)cc1)NC[C@H](O)c1ccccc1. The van der Waals surface area contributed by atoms with E-state index in [-0.39, 0.29) is 11.9 Å². The van der Waals surface area contributed by atoms with E-state index < -0.39 is 6.10 Å². The lowest BCUT2D eigenvalue weighted by Crippen LogP contribution is -2.34. The van der Waals surface area contributed by atoms with Gasteiger partial charge in [-0.05, 0) is 47.7 Å². The molecule has 2 atom stereocenters. The summed E-state index contributed by atoms with van der Waals surface area (Å²) in [4.78, 5) is 18.5. The summed E-state index contributed by atoms with van der Waals surface area (Å²) in [5.41, 5.74) is 3.64. The normalized spacial score (nSPS) is 12.9. The molecule has 0 bridgehead atoms. The lowest BCUT2D eigenvalue weighted by molar-refractivity contribution is 0.0785. The van der Waals surface area contributed by atoms with Gasteiger partial charge in [0.2, 0.25) is 0 Å². The third kappa shape index (κ3) is 6.89. The maximum absolute atomic E-state index is 12.8. The molecule has 0 spiro atoms. The monoisotopic (exact) mass is 451 g/mol. The van der Waals surface area contributed by atoms with Crippen molar-refractivity contribution in [3.8, 4) is 0 Å². The zero-order valence-corrected chi connectivity index (χ0v) is 19.3. The standard InChI is InChI=1S/C26H30ClN3O2/c1-3-23(28-17-24(31)21-7-5-4-6-8-21)15-19-9-12-22(13-10-19)26(32)30(2)18-20-11-14-25(27)29-16-20/h4-14,16,23-24,28,31H,3,15,17-18H2,1-2H3/t23-,24-/m0/s1. The summed E-state index contributed by atoms with van der Waals surface area (Å²) in [6.45, 7) is 3.10. The number of carbonyl (C=O) groups excluding carboxylic acids is 1. The second-order valence-electron chi connectivity index (χ2n) is 7.99. The van der Waals surface area contributed by atoms with E-state index in [2.05, 4.69) is 17.2 Å². The number of rotatable bonds is 10. The first-order valence-corrected chi connectivity index (χ1v) is 11.2. The topological polar surface area (TPSA) is 65.5 Å². The van der Waals surface area contributed by atoms with Gasteiger partial charge in [0.25, 0.3) is 5.91 Å². The second kappa shape index (κ2) is 11.8. The van der Waals surface area contributed by atoms with Crippen LogP contribution in [0.2, 0.25) is 5.15 Å². The molecule has 0 saturated carbocycles. The minimum absolute atomic E-state index is 0.0392. The minimum atomic E-state index is -0.531. The highest BCUT2D eigenvalue weighted by atomic mass is 35.5. The van der Waals surface area contributed by atoms with Crippen LogP contribution in [0.5, 0.6) is 0 Å². The molecule has 0 fully saturated rings. The molecule has 0 aliphatic carbocycles. The highest BCUT2D eigenvalue weighted by molar-refractivity contribution is 6.29. The molecule has 32 heavy (non-hydrogen) atoms. The first-order chi connectivity index (χ1) is 15.5. The van der Waals surface area contributed by atoms with Crippen molar-refractivity contribution in [3.05, 3.63) is 100 Å². The number of hydrogen-bond acceptors (Lipinski definition) is 4. The number of aromatic nitrogens is 1. The van der Waals surface area contributed by atoms with Gasteiger partial charge >= 0.3 is 0 Å². The number of aliphatic hydroxyl groups is 1. The Balaban J connectivity index is 1.53. The molecule has 0 radical (unpaired) electrons. The molecule has 1 aromatic heterocycles. The molecule has 0 saturated heterocycles. The third-order valence-corrected chi connectivity index (χ3v) is 5.74. The van der Waals surface area contributed by atoms with Crippen molar-refractivity contribution in [3.63, 3.8) is 0 Å². The number of halogens is 1. The molecule has 6 heteroatoms. The summed E-state index contributed by atoms with van der Waals surface area (Å²) in [5, 5.41) is 14.3.